The van der Waals surface area contributed by atoms with Gasteiger partial charge in [0.1, 0.15) is 5.82 Å². The maximum atomic E-state index is 5.94. The minimum absolute atomic E-state index is 0.753. The first-order chi connectivity index (χ1) is 9.79. The Hall–Kier alpha value is -1.39. The van der Waals surface area contributed by atoms with E-state index in [1.807, 2.05) is 24.3 Å². The molecule has 1 aliphatic heterocycles. The largest absolute Gasteiger partial charge is 0.309 e. The average Bonchev–Trinajstić information content (AvgIpc) is 3.17. The van der Waals surface area contributed by atoms with Crippen LogP contribution in [0.2, 0.25) is 5.02 Å². The minimum atomic E-state index is 0.753. The first-order valence-corrected chi connectivity index (χ1v) is 7.58. The van der Waals surface area contributed by atoms with Gasteiger partial charge in [-0.05, 0) is 43.0 Å². The Morgan fingerprint density at radius 1 is 1.10 bits per heavy atom. The Kier molecular flexibility index (Phi) is 3.00. The van der Waals surface area contributed by atoms with Crippen molar-refractivity contribution < 1.29 is 0 Å². The van der Waals surface area contributed by atoms with Crippen molar-refractivity contribution in [3.05, 3.63) is 35.1 Å². The minimum Gasteiger partial charge on any atom is -0.309 e. The number of rotatable bonds is 3. The van der Waals surface area contributed by atoms with Gasteiger partial charge >= 0.3 is 0 Å². The Labute approximate surface area is 123 Å². The molecule has 0 bridgehead atoms. The van der Waals surface area contributed by atoms with E-state index in [1.54, 1.807) is 0 Å². The first-order valence-electron chi connectivity index (χ1n) is 7.20. The van der Waals surface area contributed by atoms with Gasteiger partial charge in [0.2, 0.25) is 0 Å². The van der Waals surface area contributed by atoms with Crippen molar-refractivity contribution >= 4 is 11.6 Å². The normalized spacial score (nSPS) is 19.1. The van der Waals surface area contributed by atoms with Gasteiger partial charge in [-0.2, -0.15) is 0 Å². The maximum Gasteiger partial charge on any atom is 0.164 e. The van der Waals surface area contributed by atoms with Crippen LogP contribution in [0.5, 0.6) is 0 Å². The van der Waals surface area contributed by atoms with Crippen molar-refractivity contribution in [3.63, 3.8) is 0 Å². The molecule has 4 rings (SSSR count). The van der Waals surface area contributed by atoms with E-state index in [0.29, 0.717) is 0 Å². The fraction of sp³-hybridized carbons (Fsp3) is 0.467. The molecule has 0 unspecified atom stereocenters. The fourth-order valence-corrected chi connectivity index (χ4v) is 2.97. The van der Waals surface area contributed by atoms with Crippen LogP contribution in [0.15, 0.2) is 24.3 Å². The Balaban J connectivity index is 1.58. The molecule has 0 saturated heterocycles. The number of hydrogen-bond donors (Lipinski definition) is 0. The lowest BCUT2D eigenvalue weighted by atomic mass is 10.2. The molecule has 4 nitrogen and oxygen atoms in total. The van der Waals surface area contributed by atoms with Crippen LogP contribution in [-0.4, -0.2) is 32.8 Å². The molecule has 1 fully saturated rings. The number of benzene rings is 1. The van der Waals surface area contributed by atoms with Gasteiger partial charge < -0.3 is 4.57 Å². The van der Waals surface area contributed by atoms with E-state index in [1.165, 1.54) is 19.4 Å². The molecule has 2 aromatic rings. The third-order valence-electron chi connectivity index (χ3n) is 4.15. The summed E-state index contributed by atoms with van der Waals surface area (Å²) < 4.78 is 2.24. The molecule has 1 aromatic carbocycles. The van der Waals surface area contributed by atoms with E-state index < -0.39 is 0 Å². The molecule has 0 N–H and O–H groups in total. The molecular weight excluding hydrogens is 272 g/mol. The SMILES string of the molecule is Clc1ccc(-c2nnc3n2CCN(CC2CC2)C3)cc1. The lowest BCUT2D eigenvalue weighted by Gasteiger charge is -2.27. The van der Waals surface area contributed by atoms with Crippen molar-refractivity contribution in [2.45, 2.75) is 25.9 Å². The second kappa shape index (κ2) is 4.86. The highest BCUT2D eigenvalue weighted by Gasteiger charge is 2.28. The standard InChI is InChI=1S/C15H17ClN4/c16-13-5-3-12(4-6-13)15-18-17-14-10-19(7-8-20(14)15)9-11-1-2-11/h3-6,11H,1-2,7-10H2. The highest BCUT2D eigenvalue weighted by molar-refractivity contribution is 6.30. The average molecular weight is 289 g/mol. The summed E-state index contributed by atoms with van der Waals surface area (Å²) in [6.07, 6.45) is 2.80. The monoisotopic (exact) mass is 288 g/mol. The van der Waals surface area contributed by atoms with Crippen LogP contribution in [0.25, 0.3) is 11.4 Å². The van der Waals surface area contributed by atoms with E-state index >= 15 is 0 Å². The van der Waals surface area contributed by atoms with Crippen molar-refractivity contribution in [2.75, 3.05) is 13.1 Å². The van der Waals surface area contributed by atoms with Gasteiger partial charge in [0.15, 0.2) is 5.82 Å². The molecule has 5 heteroatoms. The van der Waals surface area contributed by atoms with Crippen LogP contribution in [-0.2, 0) is 13.1 Å². The molecule has 2 aliphatic rings. The van der Waals surface area contributed by atoms with Crippen LogP contribution >= 0.6 is 11.6 Å². The lowest BCUT2D eigenvalue weighted by Crippen LogP contribution is -2.35. The summed E-state index contributed by atoms with van der Waals surface area (Å²) in [4.78, 5) is 2.51. The number of nitrogens with zero attached hydrogens (tertiary/aromatic N) is 4. The predicted octanol–water partition coefficient (Wildman–Crippen LogP) is 2.82. The quantitative estimate of drug-likeness (QED) is 0.871. The smallest absolute Gasteiger partial charge is 0.164 e. The first kappa shape index (κ1) is 12.4. The number of aromatic nitrogens is 3. The van der Waals surface area contributed by atoms with Gasteiger partial charge in [-0.3, -0.25) is 4.90 Å². The maximum absolute atomic E-state index is 5.94. The topological polar surface area (TPSA) is 34.0 Å². The Morgan fingerprint density at radius 2 is 1.90 bits per heavy atom. The van der Waals surface area contributed by atoms with Gasteiger partial charge in [-0.25, -0.2) is 0 Å². The van der Waals surface area contributed by atoms with E-state index in [2.05, 4.69) is 19.7 Å². The molecule has 0 radical (unpaired) electrons. The fourth-order valence-electron chi connectivity index (χ4n) is 2.84. The summed E-state index contributed by atoms with van der Waals surface area (Å²) >= 11 is 5.94. The summed E-state index contributed by atoms with van der Waals surface area (Å²) in [5, 5.41) is 9.49. The van der Waals surface area contributed by atoms with Crippen LogP contribution in [0, 0.1) is 5.92 Å². The zero-order valence-electron chi connectivity index (χ0n) is 11.3. The molecule has 0 amide bonds. The Bertz CT molecular complexity index is 615. The summed E-state index contributed by atoms with van der Waals surface area (Å²) in [6, 6.07) is 7.83. The van der Waals surface area contributed by atoms with Gasteiger partial charge in [0, 0.05) is 30.2 Å². The molecule has 20 heavy (non-hydrogen) atoms. The summed E-state index contributed by atoms with van der Waals surface area (Å²) in [7, 11) is 0. The number of halogens is 1. The van der Waals surface area contributed by atoms with Crippen LogP contribution < -0.4 is 0 Å². The molecule has 2 heterocycles. The Morgan fingerprint density at radius 3 is 2.65 bits per heavy atom. The summed E-state index contributed by atoms with van der Waals surface area (Å²) in [5.41, 5.74) is 1.09. The van der Waals surface area contributed by atoms with Crippen molar-refractivity contribution in [1.29, 1.82) is 0 Å². The van der Waals surface area contributed by atoms with Gasteiger partial charge in [0.25, 0.3) is 0 Å². The molecule has 0 atom stereocenters. The lowest BCUT2D eigenvalue weighted by molar-refractivity contribution is 0.209. The zero-order valence-corrected chi connectivity index (χ0v) is 12.1. The van der Waals surface area contributed by atoms with Crippen LogP contribution in [0.3, 0.4) is 0 Å². The molecule has 1 saturated carbocycles. The van der Waals surface area contributed by atoms with E-state index in [-0.39, 0.29) is 0 Å². The molecule has 0 spiro atoms. The third kappa shape index (κ3) is 2.34. The van der Waals surface area contributed by atoms with Crippen molar-refractivity contribution in [2.24, 2.45) is 5.92 Å². The molecule has 1 aliphatic carbocycles. The highest BCUT2D eigenvalue weighted by atomic mass is 35.5. The second-order valence-corrected chi connectivity index (χ2v) is 6.21. The molecular formula is C15H17ClN4. The number of hydrogen-bond acceptors (Lipinski definition) is 3. The van der Waals surface area contributed by atoms with Crippen molar-refractivity contribution in [1.82, 2.24) is 19.7 Å². The van der Waals surface area contributed by atoms with Gasteiger partial charge in [0.05, 0.1) is 6.54 Å². The van der Waals surface area contributed by atoms with Crippen molar-refractivity contribution in [3.8, 4) is 11.4 Å². The van der Waals surface area contributed by atoms with Gasteiger partial charge in [-0.15, -0.1) is 10.2 Å². The van der Waals surface area contributed by atoms with E-state index in [0.717, 1.165) is 47.8 Å². The van der Waals surface area contributed by atoms with Crippen LogP contribution in [0.1, 0.15) is 18.7 Å². The molecule has 104 valence electrons. The third-order valence-corrected chi connectivity index (χ3v) is 4.40. The number of fused-ring (bicyclic) bond motifs is 1. The summed E-state index contributed by atoms with van der Waals surface area (Å²) in [6.45, 7) is 4.23. The zero-order chi connectivity index (χ0) is 13.5. The molecule has 1 aromatic heterocycles. The van der Waals surface area contributed by atoms with E-state index in [4.69, 9.17) is 11.6 Å². The van der Waals surface area contributed by atoms with Gasteiger partial charge in [-0.1, -0.05) is 11.6 Å². The van der Waals surface area contributed by atoms with Crippen LogP contribution in [0.4, 0.5) is 0 Å². The highest BCUT2D eigenvalue weighted by Crippen LogP contribution is 2.31. The summed E-state index contributed by atoms with van der Waals surface area (Å²) in [5.74, 6) is 2.98. The van der Waals surface area contributed by atoms with E-state index in [9.17, 15) is 0 Å². The predicted molar refractivity (Wildman–Crippen MR) is 78.5 cm³/mol. The second-order valence-electron chi connectivity index (χ2n) is 5.78.